The topological polar surface area (TPSA) is 130 Å². The smallest absolute Gasteiger partial charge is 0.416 e. The van der Waals surface area contributed by atoms with Crippen LogP contribution in [0.4, 0.5) is 13.2 Å². The van der Waals surface area contributed by atoms with Crippen LogP contribution in [0.5, 0.6) is 0 Å². The number of hydrogen-bond donors (Lipinski definition) is 3. The SMILES string of the molecule is CC(=O)[C@]1(O)CC[C@@]2(O)[C@]1(C)[C@H](OC(=O)/C=C(\C)C(C)C)C[C@@H]1[C@@]3(C)CC[C@H](OC(=O)/C=C/c4ccccc4C(F)(F)F)CC3=CC[C@]12O. The van der Waals surface area contributed by atoms with Gasteiger partial charge in [-0.1, -0.05) is 56.2 Å². The summed E-state index contributed by atoms with van der Waals surface area (Å²) in [5, 5.41) is 37.1. The van der Waals surface area contributed by atoms with Crippen molar-refractivity contribution in [2.45, 2.75) is 122 Å². The van der Waals surface area contributed by atoms with Gasteiger partial charge in [0, 0.05) is 24.5 Å². The Morgan fingerprint density at radius 1 is 0.980 bits per heavy atom. The Bertz CT molecular complexity index is 1610. The Labute approximate surface area is 285 Å². The average molecular weight is 689 g/mol. The zero-order valence-corrected chi connectivity index (χ0v) is 28.9. The van der Waals surface area contributed by atoms with Gasteiger partial charge < -0.3 is 24.8 Å². The first-order chi connectivity index (χ1) is 22.6. The number of Topliss-reactive ketones (excluding diaryl/α,β-unsaturated/α-hetero) is 1. The van der Waals surface area contributed by atoms with Crippen molar-refractivity contribution in [2.24, 2.45) is 22.7 Å². The summed E-state index contributed by atoms with van der Waals surface area (Å²) in [6.45, 7) is 10.4. The van der Waals surface area contributed by atoms with Crippen LogP contribution in [0.15, 0.2) is 53.6 Å². The Hall–Kier alpha value is -3.28. The molecule has 0 aromatic heterocycles. The van der Waals surface area contributed by atoms with E-state index in [2.05, 4.69) is 0 Å². The number of esters is 2. The summed E-state index contributed by atoms with van der Waals surface area (Å²) in [6, 6.07) is 4.93. The molecule has 3 saturated carbocycles. The van der Waals surface area contributed by atoms with Crippen LogP contribution in [0, 0.1) is 22.7 Å². The average Bonchev–Trinajstić information content (AvgIpc) is 3.25. The Morgan fingerprint density at radius 2 is 1.65 bits per heavy atom. The van der Waals surface area contributed by atoms with Crippen molar-refractivity contribution in [2.75, 3.05) is 0 Å². The zero-order chi connectivity index (χ0) is 36.4. The van der Waals surface area contributed by atoms with E-state index < -0.39 is 75.2 Å². The molecule has 5 rings (SSSR count). The molecule has 0 saturated heterocycles. The molecule has 11 heteroatoms. The highest BCUT2D eigenvalue weighted by atomic mass is 19.4. The fourth-order valence-electron chi connectivity index (χ4n) is 9.25. The molecule has 0 aliphatic heterocycles. The first kappa shape index (κ1) is 37.0. The van der Waals surface area contributed by atoms with Crippen LogP contribution in [-0.4, -0.2) is 62.1 Å². The van der Waals surface area contributed by atoms with E-state index in [1.54, 1.807) is 6.92 Å². The van der Waals surface area contributed by atoms with Crippen molar-refractivity contribution >= 4 is 23.8 Å². The van der Waals surface area contributed by atoms with Crippen LogP contribution in [0.25, 0.3) is 6.08 Å². The third-order valence-electron chi connectivity index (χ3n) is 12.6. The van der Waals surface area contributed by atoms with Crippen molar-refractivity contribution in [3.8, 4) is 0 Å². The van der Waals surface area contributed by atoms with Crippen LogP contribution >= 0.6 is 0 Å². The van der Waals surface area contributed by atoms with Crippen molar-refractivity contribution in [1.82, 2.24) is 0 Å². The van der Waals surface area contributed by atoms with Crippen molar-refractivity contribution < 1.29 is 52.3 Å². The summed E-state index contributed by atoms with van der Waals surface area (Å²) in [6.07, 6.45) is -0.0909. The largest absolute Gasteiger partial charge is 0.459 e. The quantitative estimate of drug-likeness (QED) is 0.174. The first-order valence-electron chi connectivity index (χ1n) is 17.0. The molecule has 49 heavy (non-hydrogen) atoms. The van der Waals surface area contributed by atoms with Crippen molar-refractivity contribution in [1.29, 1.82) is 0 Å². The predicted molar refractivity (Wildman–Crippen MR) is 174 cm³/mol. The number of halogens is 3. The van der Waals surface area contributed by atoms with Crippen LogP contribution in [0.2, 0.25) is 0 Å². The summed E-state index contributed by atoms with van der Waals surface area (Å²) in [7, 11) is 0. The fourth-order valence-corrected chi connectivity index (χ4v) is 9.25. The minimum atomic E-state index is -4.58. The minimum Gasteiger partial charge on any atom is -0.459 e. The lowest BCUT2D eigenvalue weighted by Gasteiger charge is -2.67. The van der Waals surface area contributed by atoms with E-state index in [0.29, 0.717) is 19.3 Å². The van der Waals surface area contributed by atoms with Gasteiger partial charge in [0.15, 0.2) is 5.78 Å². The van der Waals surface area contributed by atoms with E-state index in [1.807, 2.05) is 26.8 Å². The zero-order valence-electron chi connectivity index (χ0n) is 28.9. The number of ketones is 1. The highest BCUT2D eigenvalue weighted by Gasteiger charge is 2.81. The van der Waals surface area contributed by atoms with Gasteiger partial charge in [0.05, 0.1) is 11.0 Å². The highest BCUT2D eigenvalue weighted by molar-refractivity contribution is 5.88. The van der Waals surface area contributed by atoms with Crippen LogP contribution in [0.3, 0.4) is 0 Å². The van der Waals surface area contributed by atoms with E-state index in [4.69, 9.17) is 9.47 Å². The van der Waals surface area contributed by atoms with Gasteiger partial charge in [-0.2, -0.15) is 13.2 Å². The molecule has 8 atom stereocenters. The second kappa shape index (κ2) is 12.5. The Kier molecular flexibility index (Phi) is 9.43. The lowest BCUT2D eigenvalue weighted by Crippen LogP contribution is -2.78. The number of ether oxygens (including phenoxy) is 2. The van der Waals surface area contributed by atoms with Crippen LogP contribution in [0.1, 0.15) is 97.6 Å². The van der Waals surface area contributed by atoms with Gasteiger partial charge in [0.2, 0.25) is 0 Å². The monoisotopic (exact) mass is 688 g/mol. The maximum Gasteiger partial charge on any atom is 0.416 e. The number of alkyl halides is 3. The molecule has 1 aromatic rings. The first-order valence-corrected chi connectivity index (χ1v) is 17.0. The number of carbonyl (C=O) groups excluding carboxylic acids is 3. The van der Waals surface area contributed by atoms with E-state index in [-0.39, 0.29) is 37.2 Å². The summed E-state index contributed by atoms with van der Waals surface area (Å²) >= 11 is 0. The molecule has 0 radical (unpaired) electrons. The predicted octanol–water partition coefficient (Wildman–Crippen LogP) is 6.27. The number of benzene rings is 1. The Balaban J connectivity index is 1.43. The summed E-state index contributed by atoms with van der Waals surface area (Å²) < 4.78 is 51.9. The molecule has 0 amide bonds. The van der Waals surface area contributed by atoms with E-state index >= 15 is 0 Å². The number of carbonyl (C=O) groups is 3. The molecule has 4 aliphatic carbocycles. The molecule has 0 heterocycles. The fraction of sp³-hybridized carbons (Fsp3) is 0.605. The highest BCUT2D eigenvalue weighted by Crippen LogP contribution is 2.71. The Morgan fingerprint density at radius 3 is 2.29 bits per heavy atom. The second-order valence-electron chi connectivity index (χ2n) is 15.2. The maximum atomic E-state index is 13.4. The van der Waals surface area contributed by atoms with Crippen LogP contribution < -0.4 is 0 Å². The van der Waals surface area contributed by atoms with Gasteiger partial charge in [0.25, 0.3) is 0 Å². The molecular formula is C38H47F3O8. The number of hydrogen-bond acceptors (Lipinski definition) is 8. The second-order valence-corrected chi connectivity index (χ2v) is 15.2. The summed E-state index contributed by atoms with van der Waals surface area (Å²) in [5.74, 6) is -2.62. The minimum absolute atomic E-state index is 0.00944. The molecule has 4 aliphatic rings. The van der Waals surface area contributed by atoms with Gasteiger partial charge in [0.1, 0.15) is 29.0 Å². The van der Waals surface area contributed by atoms with Gasteiger partial charge in [-0.3, -0.25) is 4.79 Å². The normalized spacial score (nSPS) is 37.6. The molecule has 3 N–H and O–H groups in total. The van der Waals surface area contributed by atoms with Crippen LogP contribution in [-0.2, 0) is 30.0 Å². The third-order valence-corrected chi connectivity index (χ3v) is 12.6. The maximum absolute atomic E-state index is 13.4. The summed E-state index contributed by atoms with van der Waals surface area (Å²) in [4.78, 5) is 39.1. The van der Waals surface area contributed by atoms with Crippen molar-refractivity contribution in [3.05, 3.63) is 64.8 Å². The molecule has 268 valence electrons. The van der Waals surface area contributed by atoms with Gasteiger partial charge in [-0.25, -0.2) is 9.59 Å². The standard InChI is InChI=1S/C38H47F3O8/c1-22(2)23(3)19-32(44)49-30-21-29-33(5)15-14-27(48-31(43)12-11-25-9-7-8-10-28(25)38(39,40)41)20-26(33)13-16-36(29,46)37(47)18-17-35(45,24(4)42)34(30,37)6/h7-13,19,22,27,29-30,45-47H,14-18,20-21H2,1-6H3/b12-11+,23-19+/t27-,29+,30+,33-,34+,35+,36-,37+/m0/s1. The molecule has 3 fully saturated rings. The molecular weight excluding hydrogens is 641 g/mol. The van der Waals surface area contributed by atoms with Gasteiger partial charge >= 0.3 is 18.1 Å². The lowest BCUT2D eigenvalue weighted by atomic mass is 9.42. The van der Waals surface area contributed by atoms with E-state index in [9.17, 15) is 42.9 Å². The number of fused-ring (bicyclic) bond motifs is 5. The number of allylic oxidation sites excluding steroid dienone is 1. The van der Waals surface area contributed by atoms with Gasteiger partial charge in [-0.15, -0.1) is 0 Å². The molecule has 1 aromatic carbocycles. The van der Waals surface area contributed by atoms with E-state index in [1.165, 1.54) is 38.1 Å². The molecule has 0 unspecified atom stereocenters. The molecule has 0 bridgehead atoms. The van der Waals surface area contributed by atoms with E-state index in [0.717, 1.165) is 29.4 Å². The van der Waals surface area contributed by atoms with Gasteiger partial charge in [-0.05, 0) is 88.3 Å². The molecule has 8 nitrogen and oxygen atoms in total. The molecule has 0 spiro atoms. The van der Waals surface area contributed by atoms with Crippen molar-refractivity contribution in [3.63, 3.8) is 0 Å². The number of aliphatic hydroxyl groups is 3. The third kappa shape index (κ3) is 5.79. The number of rotatable bonds is 7. The lowest BCUT2D eigenvalue weighted by molar-refractivity contribution is -0.314. The summed E-state index contributed by atoms with van der Waals surface area (Å²) in [5.41, 5.74) is -7.68.